The van der Waals surface area contributed by atoms with E-state index in [-0.39, 0.29) is 11.3 Å². The second-order valence-electron chi connectivity index (χ2n) is 6.11. The van der Waals surface area contributed by atoms with Crippen LogP contribution in [0.5, 0.6) is 0 Å². The summed E-state index contributed by atoms with van der Waals surface area (Å²) >= 11 is 1.45. The number of aromatic amines is 1. The van der Waals surface area contributed by atoms with E-state index in [1.807, 2.05) is 32.0 Å². The van der Waals surface area contributed by atoms with E-state index in [0.29, 0.717) is 21.6 Å². The summed E-state index contributed by atoms with van der Waals surface area (Å²) in [6.07, 6.45) is -0.712. The van der Waals surface area contributed by atoms with E-state index >= 15 is 0 Å². The van der Waals surface area contributed by atoms with Crippen LogP contribution in [0.4, 0.5) is 0 Å². The molecule has 0 aliphatic carbocycles. The molecular weight excluding hydrogens is 352 g/mol. The topological polar surface area (TPSA) is 85.2 Å². The molecule has 132 valence electrons. The maximum absolute atomic E-state index is 12.4. The van der Waals surface area contributed by atoms with Gasteiger partial charge in [-0.25, -0.2) is 9.78 Å². The van der Waals surface area contributed by atoms with Crippen LogP contribution in [0.3, 0.4) is 0 Å². The molecule has 0 aliphatic heterocycles. The first-order valence-electron chi connectivity index (χ1n) is 8.13. The molecular formula is C19H16N2O4S. The summed E-state index contributed by atoms with van der Waals surface area (Å²) in [6, 6.07) is 8.97. The molecule has 0 amide bonds. The van der Waals surface area contributed by atoms with E-state index < -0.39 is 12.1 Å². The van der Waals surface area contributed by atoms with Gasteiger partial charge in [-0.1, -0.05) is 18.2 Å². The Balaban J connectivity index is 1.63. The second-order valence-corrected chi connectivity index (χ2v) is 7.31. The third-order valence-electron chi connectivity index (χ3n) is 4.35. The summed E-state index contributed by atoms with van der Waals surface area (Å²) in [5.41, 5.74) is 1.32. The highest BCUT2D eigenvalue weighted by atomic mass is 32.1. The normalized spacial score (nSPS) is 12.6. The molecule has 0 unspecified atom stereocenters. The van der Waals surface area contributed by atoms with Crippen molar-refractivity contribution < 1.29 is 13.9 Å². The van der Waals surface area contributed by atoms with E-state index in [0.717, 1.165) is 15.8 Å². The number of nitrogens with one attached hydrogen (secondary N) is 1. The highest BCUT2D eigenvalue weighted by Crippen LogP contribution is 2.27. The number of nitrogens with zero attached hydrogens (tertiary/aromatic N) is 1. The number of rotatable bonds is 3. The van der Waals surface area contributed by atoms with Crippen molar-refractivity contribution in [2.24, 2.45) is 0 Å². The number of furan rings is 1. The van der Waals surface area contributed by atoms with Crippen LogP contribution in [0, 0.1) is 13.8 Å². The number of ether oxygens (including phenoxy) is 1. The van der Waals surface area contributed by atoms with Crippen molar-refractivity contribution in [3.63, 3.8) is 0 Å². The Labute approximate surface area is 152 Å². The molecule has 0 radical (unpaired) electrons. The third-order valence-corrected chi connectivity index (χ3v) is 5.45. The van der Waals surface area contributed by atoms with Crippen molar-refractivity contribution >= 4 is 38.5 Å². The standard InChI is InChI=1S/C19H16N2O4S/c1-9-11(3)26-18-15(9)17(22)20-16(21-18)10(2)24-19(23)14-8-12-6-4-5-7-13(12)25-14/h4-8,10H,1-3H3,(H,20,21,22)/t10-/m0/s1. The number of hydrogen-bond donors (Lipinski definition) is 1. The van der Waals surface area contributed by atoms with E-state index in [4.69, 9.17) is 9.15 Å². The predicted molar refractivity (Wildman–Crippen MR) is 99.8 cm³/mol. The van der Waals surface area contributed by atoms with Crippen LogP contribution in [0.25, 0.3) is 21.2 Å². The van der Waals surface area contributed by atoms with Gasteiger partial charge in [0.25, 0.3) is 5.56 Å². The molecule has 1 aromatic carbocycles. The Kier molecular flexibility index (Phi) is 3.88. The lowest BCUT2D eigenvalue weighted by Crippen LogP contribution is -2.17. The molecule has 0 spiro atoms. The van der Waals surface area contributed by atoms with Gasteiger partial charge in [0.05, 0.1) is 5.39 Å². The van der Waals surface area contributed by atoms with Crippen molar-refractivity contribution in [1.29, 1.82) is 0 Å². The summed E-state index contributed by atoms with van der Waals surface area (Å²) in [4.78, 5) is 33.6. The summed E-state index contributed by atoms with van der Waals surface area (Å²) in [5, 5.41) is 1.41. The smallest absolute Gasteiger partial charge is 0.374 e. The van der Waals surface area contributed by atoms with Gasteiger partial charge in [0, 0.05) is 10.3 Å². The van der Waals surface area contributed by atoms with E-state index in [1.54, 1.807) is 19.1 Å². The van der Waals surface area contributed by atoms with Gasteiger partial charge in [0.2, 0.25) is 5.76 Å². The SMILES string of the molecule is Cc1sc2nc([C@H](C)OC(=O)c3cc4ccccc4o3)[nH]c(=O)c2c1C. The molecule has 0 aliphatic rings. The highest BCUT2D eigenvalue weighted by Gasteiger charge is 2.21. The molecule has 0 saturated carbocycles. The third kappa shape index (κ3) is 2.70. The first-order chi connectivity index (χ1) is 12.4. The average molecular weight is 368 g/mol. The number of aromatic nitrogens is 2. The molecule has 0 bridgehead atoms. The van der Waals surface area contributed by atoms with Crippen molar-refractivity contribution in [2.45, 2.75) is 26.9 Å². The zero-order valence-corrected chi connectivity index (χ0v) is 15.3. The number of esters is 1. The van der Waals surface area contributed by atoms with Gasteiger partial charge in [-0.2, -0.15) is 0 Å². The lowest BCUT2D eigenvalue weighted by Gasteiger charge is -2.11. The molecule has 0 saturated heterocycles. The number of hydrogen-bond acceptors (Lipinski definition) is 6. The Bertz CT molecular complexity index is 1170. The first-order valence-corrected chi connectivity index (χ1v) is 8.95. The lowest BCUT2D eigenvalue weighted by molar-refractivity contribution is 0.0286. The van der Waals surface area contributed by atoms with E-state index in [1.165, 1.54) is 11.3 Å². The van der Waals surface area contributed by atoms with Gasteiger partial charge >= 0.3 is 5.97 Å². The minimum atomic E-state index is -0.712. The molecule has 4 aromatic rings. The van der Waals surface area contributed by atoms with Crippen LogP contribution >= 0.6 is 11.3 Å². The Hall–Kier alpha value is -2.93. The Morgan fingerprint density at radius 1 is 1.31 bits per heavy atom. The molecule has 1 atom stereocenters. The van der Waals surface area contributed by atoms with Crippen molar-refractivity contribution in [2.75, 3.05) is 0 Å². The monoisotopic (exact) mass is 368 g/mol. The van der Waals surface area contributed by atoms with Gasteiger partial charge in [-0.05, 0) is 38.5 Å². The minimum Gasteiger partial charge on any atom is -0.449 e. The summed E-state index contributed by atoms with van der Waals surface area (Å²) in [5.74, 6) is -0.174. The van der Waals surface area contributed by atoms with Crippen LogP contribution in [0.15, 0.2) is 39.5 Å². The van der Waals surface area contributed by atoms with Gasteiger partial charge in [0.15, 0.2) is 11.9 Å². The number of carbonyl (C=O) groups is 1. The molecule has 4 rings (SSSR count). The molecule has 3 aromatic heterocycles. The summed E-state index contributed by atoms with van der Waals surface area (Å²) < 4.78 is 10.9. The molecule has 7 heteroatoms. The maximum atomic E-state index is 12.4. The van der Waals surface area contributed by atoms with Crippen LogP contribution in [-0.2, 0) is 4.74 Å². The summed E-state index contributed by atoms with van der Waals surface area (Å²) in [7, 11) is 0. The lowest BCUT2D eigenvalue weighted by atomic mass is 10.2. The van der Waals surface area contributed by atoms with Crippen molar-refractivity contribution in [3.05, 3.63) is 62.7 Å². The number of para-hydroxylation sites is 1. The van der Waals surface area contributed by atoms with Crippen LogP contribution in [0.1, 0.15) is 39.8 Å². The first kappa shape index (κ1) is 16.5. The number of carbonyl (C=O) groups excluding carboxylic acids is 1. The number of benzene rings is 1. The quantitative estimate of drug-likeness (QED) is 0.546. The predicted octanol–water partition coefficient (Wildman–Crippen LogP) is 4.27. The molecule has 26 heavy (non-hydrogen) atoms. The summed E-state index contributed by atoms with van der Waals surface area (Å²) in [6.45, 7) is 5.51. The number of H-pyrrole nitrogens is 1. The Morgan fingerprint density at radius 3 is 2.85 bits per heavy atom. The molecule has 6 nitrogen and oxygen atoms in total. The molecule has 3 heterocycles. The fourth-order valence-electron chi connectivity index (χ4n) is 2.82. The van der Waals surface area contributed by atoms with E-state index in [2.05, 4.69) is 9.97 Å². The molecule has 1 N–H and O–H groups in total. The minimum absolute atomic E-state index is 0.115. The van der Waals surface area contributed by atoms with Gasteiger partial charge in [-0.15, -0.1) is 11.3 Å². The number of thiophene rings is 1. The molecule has 0 fully saturated rings. The van der Waals surface area contributed by atoms with Crippen LogP contribution in [0.2, 0.25) is 0 Å². The van der Waals surface area contributed by atoms with Crippen molar-refractivity contribution in [3.8, 4) is 0 Å². The average Bonchev–Trinajstić information content (AvgIpc) is 3.16. The fourth-order valence-corrected chi connectivity index (χ4v) is 3.86. The second kappa shape index (κ2) is 6.10. The van der Waals surface area contributed by atoms with Crippen LogP contribution in [-0.4, -0.2) is 15.9 Å². The van der Waals surface area contributed by atoms with Gasteiger partial charge in [-0.3, -0.25) is 4.79 Å². The van der Waals surface area contributed by atoms with Crippen molar-refractivity contribution in [1.82, 2.24) is 9.97 Å². The van der Waals surface area contributed by atoms with Crippen LogP contribution < -0.4 is 5.56 Å². The Morgan fingerprint density at radius 2 is 2.08 bits per heavy atom. The zero-order valence-electron chi connectivity index (χ0n) is 14.5. The van der Waals surface area contributed by atoms with E-state index in [9.17, 15) is 9.59 Å². The van der Waals surface area contributed by atoms with Gasteiger partial charge in [0.1, 0.15) is 10.4 Å². The zero-order chi connectivity index (χ0) is 18.4. The fraction of sp³-hybridized carbons (Fsp3) is 0.211. The largest absolute Gasteiger partial charge is 0.449 e. The highest BCUT2D eigenvalue weighted by molar-refractivity contribution is 7.18. The van der Waals surface area contributed by atoms with Gasteiger partial charge < -0.3 is 14.1 Å². The number of aryl methyl sites for hydroxylation is 2. The maximum Gasteiger partial charge on any atom is 0.374 e. The number of fused-ring (bicyclic) bond motifs is 2.